The zero-order chi connectivity index (χ0) is 14.8. The fraction of sp³-hybridized carbons (Fsp3) is 0.286. The summed E-state index contributed by atoms with van der Waals surface area (Å²) in [6.45, 7) is 1.97. The molecule has 0 aliphatic carbocycles. The molecule has 3 N–H and O–H groups in total. The summed E-state index contributed by atoms with van der Waals surface area (Å²) in [5, 5.41) is 1.39. The molecule has 108 valence electrons. The van der Waals surface area contributed by atoms with Crippen LogP contribution in [0.15, 0.2) is 41.3 Å². The lowest BCUT2D eigenvalue weighted by molar-refractivity contribution is 0.419. The summed E-state index contributed by atoms with van der Waals surface area (Å²) >= 11 is 0. The van der Waals surface area contributed by atoms with Gasteiger partial charge in [-0.2, -0.15) is 0 Å². The summed E-state index contributed by atoms with van der Waals surface area (Å²) < 4.78 is 32.6. The summed E-state index contributed by atoms with van der Waals surface area (Å²) in [4.78, 5) is 0.231. The van der Waals surface area contributed by atoms with Crippen LogP contribution >= 0.6 is 0 Å². The third kappa shape index (κ3) is 2.77. The molecule has 0 saturated carbocycles. The van der Waals surface area contributed by atoms with Gasteiger partial charge in [0.05, 0.1) is 12.0 Å². The number of ether oxygens (including phenoxy) is 1. The number of nitrogens with two attached hydrogens (primary N) is 1. The molecule has 0 bridgehead atoms. The van der Waals surface area contributed by atoms with Crippen LogP contribution < -0.4 is 15.2 Å². The topological polar surface area (TPSA) is 81.4 Å². The summed E-state index contributed by atoms with van der Waals surface area (Å²) in [7, 11) is -2.05. The van der Waals surface area contributed by atoms with E-state index >= 15 is 0 Å². The molecule has 2 aromatic rings. The van der Waals surface area contributed by atoms with E-state index in [1.165, 1.54) is 0 Å². The average Bonchev–Trinajstić information content (AvgIpc) is 2.45. The van der Waals surface area contributed by atoms with Gasteiger partial charge in [0.15, 0.2) is 0 Å². The van der Waals surface area contributed by atoms with Crippen molar-refractivity contribution < 1.29 is 13.2 Å². The Morgan fingerprint density at radius 2 is 1.85 bits per heavy atom. The van der Waals surface area contributed by atoms with Crippen molar-refractivity contribution in [1.29, 1.82) is 0 Å². The molecule has 0 radical (unpaired) electrons. The minimum Gasteiger partial charge on any atom is -0.496 e. The van der Waals surface area contributed by atoms with Gasteiger partial charge >= 0.3 is 0 Å². The van der Waals surface area contributed by atoms with Gasteiger partial charge in [-0.05, 0) is 19.1 Å². The second-order valence-electron chi connectivity index (χ2n) is 4.57. The fourth-order valence-electron chi connectivity index (χ4n) is 2.03. The van der Waals surface area contributed by atoms with E-state index in [0.29, 0.717) is 11.1 Å². The maximum absolute atomic E-state index is 12.4. The van der Waals surface area contributed by atoms with Gasteiger partial charge in [-0.15, -0.1) is 0 Å². The molecule has 0 spiro atoms. The molecule has 0 unspecified atom stereocenters. The van der Waals surface area contributed by atoms with Gasteiger partial charge in [-0.1, -0.05) is 24.3 Å². The van der Waals surface area contributed by atoms with Crippen LogP contribution in [-0.2, 0) is 10.0 Å². The van der Waals surface area contributed by atoms with E-state index in [0.717, 1.165) is 5.39 Å². The first kappa shape index (κ1) is 14.8. The number of hydrogen-bond donors (Lipinski definition) is 2. The predicted molar refractivity (Wildman–Crippen MR) is 79.3 cm³/mol. The number of nitrogens with one attached hydrogen (secondary N) is 1. The maximum atomic E-state index is 12.4. The van der Waals surface area contributed by atoms with E-state index < -0.39 is 10.0 Å². The first-order valence-corrected chi connectivity index (χ1v) is 7.76. The van der Waals surface area contributed by atoms with E-state index in [2.05, 4.69) is 4.72 Å². The lowest BCUT2D eigenvalue weighted by atomic mass is 10.1. The van der Waals surface area contributed by atoms with Crippen molar-refractivity contribution in [2.75, 3.05) is 13.7 Å². The number of rotatable bonds is 5. The van der Waals surface area contributed by atoms with Crippen molar-refractivity contribution >= 4 is 20.8 Å². The lowest BCUT2D eigenvalue weighted by Crippen LogP contribution is -2.37. The van der Waals surface area contributed by atoms with Crippen molar-refractivity contribution in [1.82, 2.24) is 4.72 Å². The normalized spacial score (nSPS) is 13.3. The van der Waals surface area contributed by atoms with Crippen molar-refractivity contribution in [3.05, 3.63) is 36.4 Å². The highest BCUT2D eigenvalue weighted by Gasteiger charge is 2.20. The lowest BCUT2D eigenvalue weighted by Gasteiger charge is -2.15. The van der Waals surface area contributed by atoms with Gasteiger partial charge in [0.2, 0.25) is 10.0 Å². The zero-order valence-electron chi connectivity index (χ0n) is 11.5. The third-order valence-corrected chi connectivity index (χ3v) is 4.71. The van der Waals surface area contributed by atoms with E-state index in [1.807, 2.05) is 12.1 Å². The predicted octanol–water partition coefficient (Wildman–Crippen LogP) is 1.47. The minimum absolute atomic E-state index is 0.231. The van der Waals surface area contributed by atoms with Crippen molar-refractivity contribution in [3.8, 4) is 5.75 Å². The first-order valence-electron chi connectivity index (χ1n) is 6.27. The molecule has 0 aromatic heterocycles. The molecule has 0 heterocycles. The highest BCUT2D eigenvalue weighted by molar-refractivity contribution is 7.89. The second kappa shape index (κ2) is 5.78. The number of sulfonamides is 1. The zero-order valence-corrected chi connectivity index (χ0v) is 12.3. The van der Waals surface area contributed by atoms with Crippen LogP contribution in [0.2, 0.25) is 0 Å². The van der Waals surface area contributed by atoms with Crippen LogP contribution in [0.4, 0.5) is 0 Å². The SMILES string of the molecule is COc1ccc(S(=O)(=O)N[C@@H](C)CN)c2ccccc12. The highest BCUT2D eigenvalue weighted by Crippen LogP contribution is 2.30. The van der Waals surface area contributed by atoms with E-state index in [-0.39, 0.29) is 17.5 Å². The molecular weight excluding hydrogens is 276 g/mol. The number of methoxy groups -OCH3 is 1. The first-order chi connectivity index (χ1) is 9.49. The molecule has 0 amide bonds. The van der Waals surface area contributed by atoms with E-state index in [1.54, 1.807) is 38.3 Å². The highest BCUT2D eigenvalue weighted by atomic mass is 32.2. The van der Waals surface area contributed by atoms with Gasteiger partial charge in [-0.3, -0.25) is 0 Å². The molecular formula is C14H18N2O3S. The van der Waals surface area contributed by atoms with Crippen LogP contribution in [0.1, 0.15) is 6.92 Å². The summed E-state index contributed by atoms with van der Waals surface area (Å²) in [5.41, 5.74) is 5.47. The Labute approximate surface area is 118 Å². The summed E-state index contributed by atoms with van der Waals surface area (Å²) in [5.74, 6) is 0.645. The van der Waals surface area contributed by atoms with Crippen LogP contribution in [0.3, 0.4) is 0 Å². The van der Waals surface area contributed by atoms with Crippen molar-refractivity contribution in [2.45, 2.75) is 17.9 Å². The minimum atomic E-state index is -3.61. The Bertz CT molecular complexity index is 713. The molecule has 0 fully saturated rings. The maximum Gasteiger partial charge on any atom is 0.241 e. The Kier molecular flexibility index (Phi) is 4.27. The van der Waals surface area contributed by atoms with Crippen molar-refractivity contribution in [2.24, 2.45) is 5.73 Å². The van der Waals surface area contributed by atoms with Crippen LogP contribution in [0.25, 0.3) is 10.8 Å². The molecule has 0 saturated heterocycles. The number of benzene rings is 2. The van der Waals surface area contributed by atoms with Gasteiger partial charge in [0.1, 0.15) is 5.75 Å². The van der Waals surface area contributed by atoms with Crippen LogP contribution in [-0.4, -0.2) is 28.1 Å². The smallest absolute Gasteiger partial charge is 0.241 e. The molecule has 0 aliphatic rings. The summed E-state index contributed by atoms with van der Waals surface area (Å²) in [6.07, 6.45) is 0. The quantitative estimate of drug-likeness (QED) is 0.875. The Balaban J connectivity index is 2.61. The van der Waals surface area contributed by atoms with Gasteiger partial charge in [0, 0.05) is 23.4 Å². The largest absolute Gasteiger partial charge is 0.496 e. The van der Waals surface area contributed by atoms with Gasteiger partial charge < -0.3 is 10.5 Å². The second-order valence-corrected chi connectivity index (χ2v) is 6.25. The van der Waals surface area contributed by atoms with E-state index in [9.17, 15) is 8.42 Å². The molecule has 6 heteroatoms. The van der Waals surface area contributed by atoms with Crippen LogP contribution in [0.5, 0.6) is 5.75 Å². The standard InChI is InChI=1S/C14H18N2O3S/c1-10(9-15)16-20(17,18)14-8-7-13(19-2)11-5-3-4-6-12(11)14/h3-8,10,16H,9,15H2,1-2H3/t10-/m0/s1. The number of fused-ring (bicyclic) bond motifs is 1. The summed E-state index contributed by atoms with van der Waals surface area (Å²) in [6, 6.07) is 10.1. The van der Waals surface area contributed by atoms with Crippen molar-refractivity contribution in [3.63, 3.8) is 0 Å². The third-order valence-electron chi connectivity index (χ3n) is 3.06. The molecule has 0 aliphatic heterocycles. The Hall–Kier alpha value is -1.63. The Morgan fingerprint density at radius 3 is 2.45 bits per heavy atom. The molecule has 20 heavy (non-hydrogen) atoms. The Morgan fingerprint density at radius 1 is 1.20 bits per heavy atom. The van der Waals surface area contributed by atoms with E-state index in [4.69, 9.17) is 10.5 Å². The molecule has 1 atom stereocenters. The molecule has 5 nitrogen and oxygen atoms in total. The number of hydrogen-bond acceptors (Lipinski definition) is 4. The van der Waals surface area contributed by atoms with Gasteiger partial charge in [0.25, 0.3) is 0 Å². The van der Waals surface area contributed by atoms with Gasteiger partial charge in [-0.25, -0.2) is 13.1 Å². The monoisotopic (exact) mass is 294 g/mol. The fourth-order valence-corrected chi connectivity index (χ4v) is 3.50. The molecule has 2 rings (SSSR count). The van der Waals surface area contributed by atoms with Crippen LogP contribution in [0, 0.1) is 0 Å². The average molecular weight is 294 g/mol. The molecule has 2 aromatic carbocycles.